The zero-order chi connectivity index (χ0) is 23.0. The molecule has 0 saturated heterocycles. The molecule has 6 atom stereocenters. The minimum absolute atomic E-state index is 0.0606. The molecule has 0 aliphatic heterocycles. The van der Waals surface area contributed by atoms with Crippen LogP contribution in [0, 0.1) is 34.0 Å². The second-order valence-corrected chi connectivity index (χ2v) is 12.7. The summed E-state index contributed by atoms with van der Waals surface area (Å²) in [5, 5.41) is 10.7. The average molecular weight is 427 g/mol. The van der Waals surface area contributed by atoms with E-state index in [2.05, 4.69) is 73.6 Å². The number of allylic oxidation sites excluding steroid dienone is 6. The van der Waals surface area contributed by atoms with Crippen molar-refractivity contribution in [2.75, 3.05) is 0 Å². The van der Waals surface area contributed by atoms with Crippen molar-refractivity contribution in [3.05, 3.63) is 34.9 Å². The number of aliphatic hydroxyl groups excluding tert-OH is 1. The molecule has 0 amide bonds. The maximum absolute atomic E-state index is 10.7. The highest BCUT2D eigenvalue weighted by Crippen LogP contribution is 2.70. The van der Waals surface area contributed by atoms with Gasteiger partial charge in [-0.1, -0.05) is 62.6 Å². The summed E-state index contributed by atoms with van der Waals surface area (Å²) < 4.78 is 0. The maximum Gasteiger partial charge on any atom is 0.0594 e. The Balaban J connectivity index is 1.70. The van der Waals surface area contributed by atoms with Crippen molar-refractivity contribution < 1.29 is 5.11 Å². The Kier molecular flexibility index (Phi) is 7.37. The van der Waals surface area contributed by atoms with Gasteiger partial charge in [-0.15, -0.1) is 0 Å². The largest absolute Gasteiger partial charge is 0.393 e. The quantitative estimate of drug-likeness (QED) is 0.421. The molecule has 1 N–H and O–H groups in total. The zero-order valence-corrected chi connectivity index (χ0v) is 21.9. The van der Waals surface area contributed by atoms with Crippen molar-refractivity contribution in [3.8, 4) is 0 Å². The molecule has 3 saturated carbocycles. The minimum Gasteiger partial charge on any atom is -0.393 e. The summed E-state index contributed by atoms with van der Waals surface area (Å²) >= 11 is 0. The molecule has 0 radical (unpaired) electrons. The summed E-state index contributed by atoms with van der Waals surface area (Å²) in [6, 6.07) is 0. The molecule has 3 aliphatic rings. The van der Waals surface area contributed by atoms with Crippen molar-refractivity contribution in [3.63, 3.8) is 0 Å². The summed E-state index contributed by atoms with van der Waals surface area (Å²) in [6.45, 7) is 19.0. The molecule has 0 aromatic carbocycles. The Bertz CT molecular complexity index is 734. The third-order valence-corrected chi connectivity index (χ3v) is 10.2. The first-order chi connectivity index (χ1) is 14.4. The SMILES string of the molecule is CC(C)=CCC/C(C)=C/C/C=C(\C)[C@H]1CCC2[C@@]3(C)CC[C@H](O)C(C)(C)C3CC[C@]21C. The molecule has 0 spiro atoms. The zero-order valence-electron chi connectivity index (χ0n) is 21.9. The first kappa shape index (κ1) is 24.8. The van der Waals surface area contributed by atoms with Crippen molar-refractivity contribution in [1.29, 1.82) is 0 Å². The molecule has 0 heterocycles. The van der Waals surface area contributed by atoms with Gasteiger partial charge in [-0.3, -0.25) is 0 Å². The van der Waals surface area contributed by atoms with Gasteiger partial charge >= 0.3 is 0 Å². The summed E-state index contributed by atoms with van der Waals surface area (Å²) in [5.41, 5.74) is 5.47. The predicted molar refractivity (Wildman–Crippen MR) is 135 cm³/mol. The van der Waals surface area contributed by atoms with Crippen molar-refractivity contribution in [2.45, 2.75) is 119 Å². The van der Waals surface area contributed by atoms with E-state index in [4.69, 9.17) is 0 Å². The molecule has 3 rings (SSSR count). The van der Waals surface area contributed by atoms with Crippen LogP contribution < -0.4 is 0 Å². The van der Waals surface area contributed by atoms with E-state index in [1.54, 1.807) is 5.57 Å². The Morgan fingerprint density at radius 2 is 1.48 bits per heavy atom. The first-order valence-electron chi connectivity index (χ1n) is 13.1. The van der Waals surface area contributed by atoms with E-state index in [0.717, 1.165) is 24.7 Å². The second kappa shape index (κ2) is 9.20. The van der Waals surface area contributed by atoms with Crippen LogP contribution in [0.3, 0.4) is 0 Å². The van der Waals surface area contributed by atoms with E-state index < -0.39 is 0 Å². The molecule has 0 aromatic heterocycles. The number of fused-ring (bicyclic) bond motifs is 3. The summed E-state index contributed by atoms with van der Waals surface area (Å²) in [5.74, 6) is 2.21. The molecule has 2 unspecified atom stereocenters. The fraction of sp³-hybridized carbons (Fsp3) is 0.800. The van der Waals surface area contributed by atoms with E-state index in [9.17, 15) is 5.11 Å². The lowest BCUT2D eigenvalue weighted by Crippen LogP contribution is -2.58. The molecule has 1 heteroatoms. The summed E-state index contributed by atoms with van der Waals surface area (Å²) in [7, 11) is 0. The lowest BCUT2D eigenvalue weighted by atomic mass is 9.42. The fourth-order valence-corrected chi connectivity index (χ4v) is 8.34. The Morgan fingerprint density at radius 1 is 0.806 bits per heavy atom. The van der Waals surface area contributed by atoms with Gasteiger partial charge in [-0.25, -0.2) is 0 Å². The highest BCUT2D eigenvalue weighted by atomic mass is 16.3. The predicted octanol–water partition coefficient (Wildman–Crippen LogP) is 8.65. The van der Waals surface area contributed by atoms with Gasteiger partial charge in [0.1, 0.15) is 0 Å². The van der Waals surface area contributed by atoms with E-state index in [1.165, 1.54) is 56.1 Å². The lowest BCUT2D eigenvalue weighted by molar-refractivity contribution is -0.166. The normalized spacial score (nSPS) is 40.3. The maximum atomic E-state index is 10.7. The van der Waals surface area contributed by atoms with Gasteiger partial charge in [-0.2, -0.15) is 0 Å². The van der Waals surface area contributed by atoms with E-state index in [-0.39, 0.29) is 11.5 Å². The number of rotatable bonds is 6. The molecule has 176 valence electrons. The standard InChI is InChI=1S/C30H50O/c1-21(2)11-9-12-22(3)13-10-14-23(4)24-15-16-26-29(24,7)19-17-25-28(5,6)27(31)18-20-30(25,26)8/h11,13-14,24-27,31H,9-10,12,15-20H2,1-8H3/b22-13+,23-14+/t24-,25?,26?,27+,29+,30+/m1/s1. The van der Waals surface area contributed by atoms with Crippen LogP contribution in [0.4, 0.5) is 0 Å². The molecule has 1 nitrogen and oxygen atoms in total. The second-order valence-electron chi connectivity index (χ2n) is 12.7. The van der Waals surface area contributed by atoms with Crippen LogP contribution >= 0.6 is 0 Å². The van der Waals surface area contributed by atoms with E-state index in [0.29, 0.717) is 16.7 Å². The van der Waals surface area contributed by atoms with Crippen molar-refractivity contribution in [2.24, 2.45) is 34.0 Å². The van der Waals surface area contributed by atoms with Gasteiger partial charge in [0.05, 0.1) is 6.10 Å². The number of hydrogen-bond donors (Lipinski definition) is 1. The smallest absolute Gasteiger partial charge is 0.0594 e. The van der Waals surface area contributed by atoms with Gasteiger partial charge in [0.2, 0.25) is 0 Å². The average Bonchev–Trinajstić information content (AvgIpc) is 3.03. The van der Waals surface area contributed by atoms with Crippen LogP contribution in [-0.4, -0.2) is 11.2 Å². The first-order valence-corrected chi connectivity index (χ1v) is 13.1. The summed E-state index contributed by atoms with van der Waals surface area (Å²) in [4.78, 5) is 0. The topological polar surface area (TPSA) is 20.2 Å². The van der Waals surface area contributed by atoms with Crippen LogP contribution in [0.15, 0.2) is 34.9 Å². The van der Waals surface area contributed by atoms with Crippen LogP contribution in [0.25, 0.3) is 0 Å². The molecular weight excluding hydrogens is 376 g/mol. The Hall–Kier alpha value is -0.820. The molecule has 0 aromatic rings. The van der Waals surface area contributed by atoms with Crippen LogP contribution in [0.2, 0.25) is 0 Å². The van der Waals surface area contributed by atoms with Crippen LogP contribution in [-0.2, 0) is 0 Å². The molecular formula is C30H50O. The van der Waals surface area contributed by atoms with Gasteiger partial charge in [0.15, 0.2) is 0 Å². The number of hydrogen-bond acceptors (Lipinski definition) is 1. The van der Waals surface area contributed by atoms with Gasteiger partial charge in [0.25, 0.3) is 0 Å². The number of aliphatic hydroxyl groups is 1. The van der Waals surface area contributed by atoms with E-state index in [1.807, 2.05) is 0 Å². The van der Waals surface area contributed by atoms with Gasteiger partial charge in [0, 0.05) is 0 Å². The lowest BCUT2D eigenvalue weighted by Gasteiger charge is -2.63. The molecule has 3 fully saturated rings. The molecule has 31 heavy (non-hydrogen) atoms. The minimum atomic E-state index is -0.125. The Labute approximate surface area is 193 Å². The third-order valence-electron chi connectivity index (χ3n) is 10.2. The summed E-state index contributed by atoms with van der Waals surface area (Å²) in [6.07, 6.45) is 18.2. The fourth-order valence-electron chi connectivity index (χ4n) is 8.34. The van der Waals surface area contributed by atoms with Gasteiger partial charge < -0.3 is 5.11 Å². The highest BCUT2D eigenvalue weighted by Gasteiger charge is 2.63. The molecule has 3 aliphatic carbocycles. The van der Waals surface area contributed by atoms with Crippen LogP contribution in [0.1, 0.15) is 113 Å². The molecule has 0 bridgehead atoms. The van der Waals surface area contributed by atoms with Crippen molar-refractivity contribution in [1.82, 2.24) is 0 Å². The third kappa shape index (κ3) is 4.64. The van der Waals surface area contributed by atoms with E-state index >= 15 is 0 Å². The van der Waals surface area contributed by atoms with Crippen LogP contribution in [0.5, 0.6) is 0 Å². The highest BCUT2D eigenvalue weighted by molar-refractivity contribution is 5.20. The van der Waals surface area contributed by atoms with Gasteiger partial charge in [-0.05, 0) is 119 Å². The van der Waals surface area contributed by atoms with Crippen molar-refractivity contribution >= 4 is 0 Å². The Morgan fingerprint density at radius 3 is 2.16 bits per heavy atom. The monoisotopic (exact) mass is 426 g/mol.